The molecule has 0 saturated carbocycles. The lowest BCUT2D eigenvalue weighted by atomic mass is 9.99. The maximum atomic E-state index is 12.4. The summed E-state index contributed by atoms with van der Waals surface area (Å²) in [6.07, 6.45) is 5.37. The minimum absolute atomic E-state index is 0.0812. The molecule has 102 valence electrons. The van der Waals surface area contributed by atoms with Gasteiger partial charge in [-0.1, -0.05) is 6.42 Å². The Bertz CT molecular complexity index is 459. The average Bonchev–Trinajstić information content (AvgIpc) is 2.47. The lowest BCUT2D eigenvalue weighted by Gasteiger charge is -2.44. The number of aromatic nitrogens is 1. The number of piperazine rings is 1. The number of piperidine rings is 1. The normalized spacial score (nSPS) is 24.0. The third-order valence-corrected chi connectivity index (χ3v) is 4.16. The number of fused-ring (bicyclic) bond motifs is 1. The van der Waals surface area contributed by atoms with Gasteiger partial charge in [-0.25, -0.2) is 4.98 Å². The van der Waals surface area contributed by atoms with E-state index in [0.717, 1.165) is 19.6 Å². The summed E-state index contributed by atoms with van der Waals surface area (Å²) in [5.41, 5.74) is 6.19. The van der Waals surface area contributed by atoms with Crippen molar-refractivity contribution in [1.29, 1.82) is 0 Å². The molecule has 1 amide bonds. The molecular formula is C14H20N4O. The van der Waals surface area contributed by atoms with Gasteiger partial charge in [0.25, 0.3) is 5.91 Å². The van der Waals surface area contributed by atoms with Crippen LogP contribution in [0.1, 0.15) is 29.6 Å². The monoisotopic (exact) mass is 260 g/mol. The number of pyridine rings is 1. The van der Waals surface area contributed by atoms with Gasteiger partial charge >= 0.3 is 0 Å². The third-order valence-electron chi connectivity index (χ3n) is 4.16. The number of amides is 1. The Balaban J connectivity index is 1.69. The van der Waals surface area contributed by atoms with Gasteiger partial charge in [-0.2, -0.15) is 0 Å². The Morgan fingerprint density at radius 3 is 2.95 bits per heavy atom. The first kappa shape index (κ1) is 12.4. The van der Waals surface area contributed by atoms with Gasteiger partial charge in [0.05, 0.1) is 5.56 Å². The molecule has 2 aliphatic rings. The number of nitrogen functional groups attached to an aromatic ring is 1. The van der Waals surface area contributed by atoms with Crippen LogP contribution < -0.4 is 5.73 Å². The van der Waals surface area contributed by atoms with Crippen molar-refractivity contribution in [3.63, 3.8) is 0 Å². The molecule has 3 heterocycles. The van der Waals surface area contributed by atoms with E-state index in [-0.39, 0.29) is 5.91 Å². The zero-order valence-electron chi connectivity index (χ0n) is 11.1. The second-order valence-electron chi connectivity index (χ2n) is 5.41. The van der Waals surface area contributed by atoms with E-state index in [9.17, 15) is 4.79 Å². The van der Waals surface area contributed by atoms with Crippen molar-refractivity contribution in [2.45, 2.75) is 25.3 Å². The van der Waals surface area contributed by atoms with Crippen molar-refractivity contribution >= 4 is 11.7 Å². The predicted molar refractivity (Wildman–Crippen MR) is 73.8 cm³/mol. The molecule has 1 unspecified atom stereocenters. The summed E-state index contributed by atoms with van der Waals surface area (Å²) in [5, 5.41) is 0. The SMILES string of the molecule is Nc1ccc(C(=O)N2CCN3CCCCC3C2)cn1. The van der Waals surface area contributed by atoms with Crippen LogP contribution in [0.5, 0.6) is 0 Å². The summed E-state index contributed by atoms with van der Waals surface area (Å²) in [6.45, 7) is 3.86. The standard InChI is InChI=1S/C14H20N4O/c15-13-5-4-11(9-16-13)14(19)18-8-7-17-6-2-1-3-12(17)10-18/h4-5,9,12H,1-3,6-8,10H2,(H2,15,16). The first-order chi connectivity index (χ1) is 9.24. The van der Waals surface area contributed by atoms with Crippen LogP contribution in [0.2, 0.25) is 0 Å². The molecule has 0 spiro atoms. The highest BCUT2D eigenvalue weighted by Crippen LogP contribution is 2.22. The topological polar surface area (TPSA) is 62.5 Å². The van der Waals surface area contributed by atoms with Crippen molar-refractivity contribution in [2.75, 3.05) is 31.9 Å². The Labute approximate surface area is 113 Å². The number of hydrogen-bond donors (Lipinski definition) is 1. The van der Waals surface area contributed by atoms with E-state index in [0.29, 0.717) is 17.4 Å². The third kappa shape index (κ3) is 2.56. The lowest BCUT2D eigenvalue weighted by molar-refractivity contribution is 0.0372. The summed E-state index contributed by atoms with van der Waals surface area (Å²) >= 11 is 0. The summed E-state index contributed by atoms with van der Waals surface area (Å²) in [7, 11) is 0. The molecule has 2 N–H and O–H groups in total. The molecule has 0 aromatic carbocycles. The Morgan fingerprint density at radius 1 is 1.26 bits per heavy atom. The number of hydrogen-bond acceptors (Lipinski definition) is 4. The number of anilines is 1. The van der Waals surface area contributed by atoms with Crippen molar-refractivity contribution in [3.05, 3.63) is 23.9 Å². The molecule has 5 nitrogen and oxygen atoms in total. The van der Waals surface area contributed by atoms with Gasteiger partial charge in [0.2, 0.25) is 0 Å². The fourth-order valence-corrected chi connectivity index (χ4v) is 3.05. The highest BCUT2D eigenvalue weighted by atomic mass is 16.2. The highest BCUT2D eigenvalue weighted by molar-refractivity contribution is 5.94. The van der Waals surface area contributed by atoms with E-state index >= 15 is 0 Å². The van der Waals surface area contributed by atoms with Gasteiger partial charge in [0, 0.05) is 31.9 Å². The van der Waals surface area contributed by atoms with Crippen molar-refractivity contribution in [2.24, 2.45) is 0 Å². The van der Waals surface area contributed by atoms with E-state index in [2.05, 4.69) is 9.88 Å². The molecule has 1 aromatic heterocycles. The summed E-state index contributed by atoms with van der Waals surface area (Å²) < 4.78 is 0. The number of nitrogens with two attached hydrogens (primary N) is 1. The van der Waals surface area contributed by atoms with E-state index in [1.165, 1.54) is 25.8 Å². The smallest absolute Gasteiger partial charge is 0.255 e. The van der Waals surface area contributed by atoms with Crippen LogP contribution in [-0.2, 0) is 0 Å². The molecule has 2 fully saturated rings. The Morgan fingerprint density at radius 2 is 2.16 bits per heavy atom. The van der Waals surface area contributed by atoms with Crippen LogP contribution in [0.15, 0.2) is 18.3 Å². The van der Waals surface area contributed by atoms with Gasteiger partial charge in [-0.05, 0) is 31.5 Å². The number of rotatable bonds is 1. The molecule has 0 aliphatic carbocycles. The number of carbonyl (C=O) groups excluding carboxylic acids is 1. The largest absolute Gasteiger partial charge is 0.384 e. The van der Waals surface area contributed by atoms with Crippen LogP contribution in [-0.4, -0.2) is 52.9 Å². The molecule has 5 heteroatoms. The zero-order chi connectivity index (χ0) is 13.2. The van der Waals surface area contributed by atoms with Crippen LogP contribution in [0.4, 0.5) is 5.82 Å². The minimum atomic E-state index is 0.0812. The van der Waals surface area contributed by atoms with Crippen molar-refractivity contribution in [1.82, 2.24) is 14.8 Å². The van der Waals surface area contributed by atoms with Gasteiger partial charge in [-0.3, -0.25) is 9.69 Å². The summed E-state index contributed by atoms with van der Waals surface area (Å²) in [6, 6.07) is 4.00. The van der Waals surface area contributed by atoms with E-state index in [1.54, 1.807) is 18.3 Å². The number of nitrogens with zero attached hydrogens (tertiary/aromatic N) is 3. The molecule has 0 radical (unpaired) electrons. The first-order valence-electron chi connectivity index (χ1n) is 6.99. The lowest BCUT2D eigenvalue weighted by Crippen LogP contribution is -2.56. The van der Waals surface area contributed by atoms with Crippen LogP contribution >= 0.6 is 0 Å². The molecule has 19 heavy (non-hydrogen) atoms. The van der Waals surface area contributed by atoms with Crippen LogP contribution in [0, 0.1) is 0 Å². The molecule has 0 bridgehead atoms. The summed E-state index contributed by atoms with van der Waals surface area (Å²) in [4.78, 5) is 20.9. The summed E-state index contributed by atoms with van der Waals surface area (Å²) in [5.74, 6) is 0.534. The van der Waals surface area contributed by atoms with E-state index in [4.69, 9.17) is 5.73 Å². The van der Waals surface area contributed by atoms with Crippen molar-refractivity contribution in [3.8, 4) is 0 Å². The quantitative estimate of drug-likeness (QED) is 0.817. The molecular weight excluding hydrogens is 240 g/mol. The van der Waals surface area contributed by atoms with Crippen LogP contribution in [0.25, 0.3) is 0 Å². The fraction of sp³-hybridized carbons (Fsp3) is 0.571. The average molecular weight is 260 g/mol. The second kappa shape index (κ2) is 5.17. The molecule has 3 rings (SSSR count). The highest BCUT2D eigenvalue weighted by Gasteiger charge is 2.31. The first-order valence-corrected chi connectivity index (χ1v) is 6.99. The Hall–Kier alpha value is -1.62. The molecule has 1 atom stereocenters. The van der Waals surface area contributed by atoms with Crippen molar-refractivity contribution < 1.29 is 4.79 Å². The van der Waals surface area contributed by atoms with E-state index in [1.807, 2.05) is 4.90 Å². The zero-order valence-corrected chi connectivity index (χ0v) is 11.1. The van der Waals surface area contributed by atoms with Gasteiger partial charge < -0.3 is 10.6 Å². The minimum Gasteiger partial charge on any atom is -0.384 e. The predicted octanol–water partition coefficient (Wildman–Crippen LogP) is 0.974. The maximum absolute atomic E-state index is 12.4. The number of carbonyl (C=O) groups is 1. The maximum Gasteiger partial charge on any atom is 0.255 e. The fourth-order valence-electron chi connectivity index (χ4n) is 3.05. The second-order valence-corrected chi connectivity index (χ2v) is 5.41. The van der Waals surface area contributed by atoms with Gasteiger partial charge in [0.1, 0.15) is 5.82 Å². The molecule has 1 aromatic rings. The molecule has 2 saturated heterocycles. The van der Waals surface area contributed by atoms with Gasteiger partial charge in [-0.15, -0.1) is 0 Å². The molecule has 2 aliphatic heterocycles. The van der Waals surface area contributed by atoms with Crippen LogP contribution in [0.3, 0.4) is 0 Å². The Kier molecular flexibility index (Phi) is 3.38. The van der Waals surface area contributed by atoms with E-state index < -0.39 is 0 Å². The van der Waals surface area contributed by atoms with Gasteiger partial charge in [0.15, 0.2) is 0 Å².